The third kappa shape index (κ3) is 3.76. The monoisotopic (exact) mass is 494 g/mol. The Balaban J connectivity index is 1.09. The van der Waals surface area contributed by atoms with Crippen LogP contribution in [0.15, 0.2) is 55.0 Å². The van der Waals surface area contributed by atoms with Gasteiger partial charge in [-0.05, 0) is 61.2 Å². The number of hydrogen-bond acceptors (Lipinski definition) is 4. The van der Waals surface area contributed by atoms with Crippen molar-refractivity contribution < 1.29 is 14.3 Å². The van der Waals surface area contributed by atoms with Crippen LogP contribution in [0.2, 0.25) is 0 Å². The molecule has 2 aromatic heterocycles. The maximum Gasteiger partial charge on any atom is 0.253 e. The summed E-state index contributed by atoms with van der Waals surface area (Å²) in [6, 6.07) is 12.6. The molecule has 7 nitrogen and oxygen atoms in total. The van der Waals surface area contributed by atoms with E-state index >= 15 is 0 Å². The van der Waals surface area contributed by atoms with Gasteiger partial charge < -0.3 is 14.2 Å². The smallest absolute Gasteiger partial charge is 0.253 e. The number of hydrogen-bond donors (Lipinski definition) is 0. The number of Topliss-reactive ketones (excluding diaryl/α,β-unsaturated/α-hetero) is 1. The van der Waals surface area contributed by atoms with Gasteiger partial charge in [0, 0.05) is 73.4 Å². The molecule has 7 rings (SSSR count). The van der Waals surface area contributed by atoms with Gasteiger partial charge in [-0.15, -0.1) is 0 Å². The molecule has 2 aromatic carbocycles. The predicted molar refractivity (Wildman–Crippen MR) is 141 cm³/mol. The van der Waals surface area contributed by atoms with Gasteiger partial charge in [0.15, 0.2) is 5.78 Å². The fourth-order valence-electron chi connectivity index (χ4n) is 6.06. The molecule has 4 heterocycles. The van der Waals surface area contributed by atoms with Gasteiger partial charge in [-0.3, -0.25) is 14.3 Å². The van der Waals surface area contributed by atoms with E-state index in [1.807, 2.05) is 42.4 Å². The van der Waals surface area contributed by atoms with E-state index < -0.39 is 5.60 Å². The molecule has 37 heavy (non-hydrogen) atoms. The SMILES string of the molecule is Cc1cc(C(=O)N2CCC3(CC2)CC(=O)c2cc(-c4cnn(C)c4)ccc2O3)cc2c1ccn2C1CC1. The van der Waals surface area contributed by atoms with Crippen molar-refractivity contribution in [3.05, 3.63) is 71.7 Å². The minimum Gasteiger partial charge on any atom is -0.486 e. The Bertz CT molecular complexity index is 1570. The summed E-state index contributed by atoms with van der Waals surface area (Å²) in [5.41, 5.74) is 5.06. The molecule has 0 unspecified atom stereocenters. The molecule has 1 amide bonds. The van der Waals surface area contributed by atoms with E-state index in [0.29, 0.717) is 49.7 Å². The molecule has 1 spiro atoms. The summed E-state index contributed by atoms with van der Waals surface area (Å²) >= 11 is 0. The van der Waals surface area contributed by atoms with E-state index in [1.54, 1.807) is 10.9 Å². The number of carbonyl (C=O) groups excluding carboxylic acids is 2. The lowest BCUT2D eigenvalue weighted by Gasteiger charge is -2.44. The molecule has 0 bridgehead atoms. The predicted octanol–water partition coefficient (Wildman–Crippen LogP) is 5.33. The van der Waals surface area contributed by atoms with Crippen LogP contribution in [0.1, 0.15) is 64.4 Å². The number of fused-ring (bicyclic) bond motifs is 2. The lowest BCUT2D eigenvalue weighted by atomic mass is 9.82. The Labute approximate surface area is 215 Å². The Morgan fingerprint density at radius 3 is 2.62 bits per heavy atom. The van der Waals surface area contributed by atoms with Crippen LogP contribution in [-0.4, -0.2) is 49.6 Å². The van der Waals surface area contributed by atoms with Crippen LogP contribution < -0.4 is 4.74 Å². The van der Waals surface area contributed by atoms with Gasteiger partial charge >= 0.3 is 0 Å². The topological polar surface area (TPSA) is 69.4 Å². The Kier molecular flexibility index (Phi) is 4.87. The normalized spacial score (nSPS) is 18.8. The van der Waals surface area contributed by atoms with E-state index in [-0.39, 0.29) is 11.7 Å². The van der Waals surface area contributed by atoms with Crippen LogP contribution in [-0.2, 0) is 7.05 Å². The maximum atomic E-state index is 13.5. The minimum absolute atomic E-state index is 0.0621. The molecule has 4 aromatic rings. The summed E-state index contributed by atoms with van der Waals surface area (Å²) in [4.78, 5) is 28.7. The van der Waals surface area contributed by atoms with Gasteiger partial charge in [0.25, 0.3) is 5.91 Å². The molecule has 1 saturated heterocycles. The molecule has 7 heteroatoms. The number of ketones is 1. The van der Waals surface area contributed by atoms with Crippen LogP contribution in [0.25, 0.3) is 22.0 Å². The summed E-state index contributed by atoms with van der Waals surface area (Å²) in [7, 11) is 1.88. The number of nitrogens with zero attached hydrogens (tertiary/aromatic N) is 4. The fourth-order valence-corrected chi connectivity index (χ4v) is 6.06. The third-order valence-corrected chi connectivity index (χ3v) is 8.32. The number of aryl methyl sites for hydroxylation is 2. The summed E-state index contributed by atoms with van der Waals surface area (Å²) in [5.74, 6) is 0.811. The van der Waals surface area contributed by atoms with E-state index in [4.69, 9.17) is 4.74 Å². The van der Waals surface area contributed by atoms with Crippen LogP contribution in [0.5, 0.6) is 5.75 Å². The highest BCUT2D eigenvalue weighted by atomic mass is 16.5. The molecular weight excluding hydrogens is 464 g/mol. The second kappa shape index (κ2) is 8.07. The zero-order valence-electron chi connectivity index (χ0n) is 21.2. The first-order valence-corrected chi connectivity index (χ1v) is 13.1. The molecular formula is C30H30N4O3. The van der Waals surface area contributed by atoms with Crippen molar-refractivity contribution in [2.45, 2.75) is 50.7 Å². The summed E-state index contributed by atoms with van der Waals surface area (Å²) in [6.45, 7) is 3.24. The molecule has 0 N–H and O–H groups in total. The average Bonchev–Trinajstić information content (AvgIpc) is 3.49. The molecule has 0 radical (unpaired) electrons. The molecule has 1 aliphatic carbocycles. The number of ether oxygens (including phenoxy) is 1. The maximum absolute atomic E-state index is 13.5. The van der Waals surface area contributed by atoms with E-state index in [2.05, 4.69) is 34.9 Å². The van der Waals surface area contributed by atoms with Crippen LogP contribution in [0.4, 0.5) is 0 Å². The second-order valence-electron chi connectivity index (χ2n) is 11.0. The molecule has 1 saturated carbocycles. The number of rotatable bonds is 3. The number of aromatic nitrogens is 3. The van der Waals surface area contributed by atoms with E-state index in [0.717, 1.165) is 27.8 Å². The Morgan fingerprint density at radius 1 is 1.08 bits per heavy atom. The summed E-state index contributed by atoms with van der Waals surface area (Å²) < 4.78 is 10.6. The Hall–Kier alpha value is -3.87. The average molecular weight is 495 g/mol. The zero-order valence-corrected chi connectivity index (χ0v) is 21.2. The largest absolute Gasteiger partial charge is 0.486 e. The third-order valence-electron chi connectivity index (χ3n) is 8.32. The number of likely N-dealkylation sites (tertiary alicyclic amines) is 1. The summed E-state index contributed by atoms with van der Waals surface area (Å²) in [5, 5.41) is 5.46. The quantitative estimate of drug-likeness (QED) is 0.386. The number of carbonyl (C=O) groups is 2. The standard InChI is InChI=1S/C30H30N4O3/c1-19-13-21(15-26-24(19)7-10-34(26)23-4-5-23)29(36)33-11-8-30(9-12-33)16-27(35)25-14-20(3-6-28(25)37-30)22-17-31-32(2)18-22/h3,6-7,10,13-15,17-18,23H,4-5,8-9,11-12,16H2,1-2H3. The van der Waals surface area contributed by atoms with Gasteiger partial charge in [0.2, 0.25) is 0 Å². The van der Waals surface area contributed by atoms with Gasteiger partial charge in [0.1, 0.15) is 11.4 Å². The van der Waals surface area contributed by atoms with Crippen molar-refractivity contribution in [2.75, 3.05) is 13.1 Å². The molecule has 188 valence electrons. The van der Waals surface area contributed by atoms with Crippen molar-refractivity contribution in [3.63, 3.8) is 0 Å². The highest BCUT2D eigenvalue weighted by Crippen LogP contribution is 2.42. The molecule has 0 atom stereocenters. The first-order chi connectivity index (χ1) is 17.9. The highest BCUT2D eigenvalue weighted by Gasteiger charge is 2.44. The van der Waals surface area contributed by atoms with Gasteiger partial charge in [-0.2, -0.15) is 5.10 Å². The van der Waals surface area contributed by atoms with Crippen molar-refractivity contribution in [1.29, 1.82) is 0 Å². The lowest BCUT2D eigenvalue weighted by Crippen LogP contribution is -2.52. The van der Waals surface area contributed by atoms with Crippen molar-refractivity contribution in [1.82, 2.24) is 19.2 Å². The van der Waals surface area contributed by atoms with Crippen molar-refractivity contribution >= 4 is 22.6 Å². The van der Waals surface area contributed by atoms with E-state index in [1.165, 1.54) is 18.2 Å². The first kappa shape index (κ1) is 22.3. The summed E-state index contributed by atoms with van der Waals surface area (Å²) in [6.07, 6.45) is 9.95. The van der Waals surface area contributed by atoms with Crippen LogP contribution in [0, 0.1) is 6.92 Å². The molecule has 2 fully saturated rings. The van der Waals surface area contributed by atoms with Crippen molar-refractivity contribution in [2.24, 2.45) is 7.05 Å². The second-order valence-corrected chi connectivity index (χ2v) is 11.0. The lowest BCUT2D eigenvalue weighted by molar-refractivity contribution is -0.00569. The highest BCUT2D eigenvalue weighted by molar-refractivity contribution is 6.02. The van der Waals surface area contributed by atoms with Gasteiger partial charge in [-0.1, -0.05) is 6.07 Å². The van der Waals surface area contributed by atoms with Crippen molar-refractivity contribution in [3.8, 4) is 16.9 Å². The fraction of sp³-hybridized carbons (Fsp3) is 0.367. The molecule has 2 aliphatic heterocycles. The number of piperidine rings is 1. The van der Waals surface area contributed by atoms with E-state index in [9.17, 15) is 9.59 Å². The minimum atomic E-state index is -0.544. The van der Waals surface area contributed by atoms with Crippen LogP contribution in [0.3, 0.4) is 0 Å². The number of benzene rings is 2. The van der Waals surface area contributed by atoms with Gasteiger partial charge in [0.05, 0.1) is 18.2 Å². The molecule has 3 aliphatic rings. The number of amides is 1. The van der Waals surface area contributed by atoms with Crippen LogP contribution >= 0.6 is 0 Å². The Morgan fingerprint density at radius 2 is 1.89 bits per heavy atom. The zero-order chi connectivity index (χ0) is 25.3. The first-order valence-electron chi connectivity index (χ1n) is 13.1. The van der Waals surface area contributed by atoms with Gasteiger partial charge in [-0.25, -0.2) is 0 Å².